The summed E-state index contributed by atoms with van der Waals surface area (Å²) in [6.45, 7) is 10.4. The van der Waals surface area contributed by atoms with E-state index in [1.165, 1.54) is 12.1 Å². The zero-order valence-corrected chi connectivity index (χ0v) is 23.8. The maximum absolute atomic E-state index is 13.2. The van der Waals surface area contributed by atoms with E-state index in [1.807, 2.05) is 37.3 Å². The second-order valence-electron chi connectivity index (χ2n) is 11.0. The highest BCUT2D eigenvalue weighted by molar-refractivity contribution is 7.91. The van der Waals surface area contributed by atoms with Gasteiger partial charge in [0.2, 0.25) is 6.41 Å². The molecule has 2 heterocycles. The number of likely N-dealkylation sites (tertiary alicyclic amines) is 1. The van der Waals surface area contributed by atoms with E-state index >= 15 is 0 Å². The predicted molar refractivity (Wildman–Crippen MR) is 151 cm³/mol. The van der Waals surface area contributed by atoms with Gasteiger partial charge in [0.25, 0.3) is 0 Å². The maximum atomic E-state index is 13.2. The number of carbonyl (C=O) groups excluding carboxylic acids is 1. The third-order valence-electron chi connectivity index (χ3n) is 7.13. The third kappa shape index (κ3) is 7.23. The van der Waals surface area contributed by atoms with Gasteiger partial charge in [-0.2, -0.15) is 0 Å². The van der Waals surface area contributed by atoms with Gasteiger partial charge >= 0.3 is 0 Å². The number of aryl methyl sites for hydroxylation is 1. The topological polar surface area (TPSA) is 100 Å². The summed E-state index contributed by atoms with van der Waals surface area (Å²) in [6, 6.07) is 15.1. The van der Waals surface area contributed by atoms with Gasteiger partial charge in [-0.1, -0.05) is 29.8 Å². The van der Waals surface area contributed by atoms with E-state index in [-0.39, 0.29) is 16.8 Å². The molecule has 9 heteroatoms. The number of hydroxylamine groups is 2. The molecule has 2 aromatic carbocycles. The second-order valence-corrected chi connectivity index (χ2v) is 13.1. The summed E-state index contributed by atoms with van der Waals surface area (Å²) in [5.41, 5.74) is 3.89. The van der Waals surface area contributed by atoms with Crippen LogP contribution in [0.2, 0.25) is 0 Å². The molecular weight excluding hydrogens is 514 g/mol. The number of nitrogens with zero attached hydrogens (tertiary/aromatic N) is 3. The zero-order chi connectivity index (χ0) is 28.2. The van der Waals surface area contributed by atoms with Crippen molar-refractivity contribution in [1.29, 1.82) is 0 Å². The van der Waals surface area contributed by atoms with Crippen molar-refractivity contribution >= 4 is 27.2 Å². The van der Waals surface area contributed by atoms with Crippen LogP contribution in [-0.4, -0.2) is 65.4 Å². The number of pyridine rings is 1. The van der Waals surface area contributed by atoms with Crippen LogP contribution in [0.5, 0.6) is 5.75 Å². The third-order valence-corrected chi connectivity index (χ3v) is 8.90. The van der Waals surface area contributed by atoms with E-state index < -0.39 is 21.6 Å². The quantitative estimate of drug-likeness (QED) is 0.174. The number of rotatable bonds is 9. The van der Waals surface area contributed by atoms with Crippen molar-refractivity contribution in [3.05, 3.63) is 77.5 Å². The van der Waals surface area contributed by atoms with Crippen LogP contribution in [0.1, 0.15) is 44.9 Å². The molecule has 3 aromatic rings. The van der Waals surface area contributed by atoms with Crippen molar-refractivity contribution in [1.82, 2.24) is 14.9 Å². The van der Waals surface area contributed by atoms with Gasteiger partial charge in [0, 0.05) is 35.3 Å². The first-order valence-electron chi connectivity index (χ1n) is 13.1. The molecule has 1 fully saturated rings. The number of carbonyl (C=O) groups is 1. The first-order valence-corrected chi connectivity index (χ1v) is 14.8. The van der Waals surface area contributed by atoms with Gasteiger partial charge in [0.05, 0.1) is 22.2 Å². The summed E-state index contributed by atoms with van der Waals surface area (Å²) in [5.74, 6) is 0.116. The Bertz CT molecular complexity index is 1440. The first-order chi connectivity index (χ1) is 18.5. The standard InChI is InChI=1S/C30H37N3O5S/c1-22-17-24(28-7-5-6-8-29(28)31-22)19-38-26-9-11-27(12-10-26)39(36,37)20-25(33(35)21-34)18-23-13-15-32(16-14-23)30(2,3)4/h5-12,17-18,21,25,35H,13-16,19-20H2,1-4H3. The smallest absolute Gasteiger partial charge is 0.233 e. The summed E-state index contributed by atoms with van der Waals surface area (Å²) in [4.78, 5) is 18.4. The molecule has 0 aliphatic carbocycles. The van der Waals surface area contributed by atoms with Gasteiger partial charge in [-0.3, -0.25) is 19.9 Å². The van der Waals surface area contributed by atoms with Crippen molar-refractivity contribution in [3.8, 4) is 5.75 Å². The predicted octanol–water partition coefficient (Wildman–Crippen LogP) is 4.93. The SMILES string of the molecule is Cc1cc(COc2ccc(S(=O)(=O)CC(C=C3CCN(C(C)(C)C)CC3)N(O)C=O)cc2)c2ccccc2n1. The first kappa shape index (κ1) is 28.7. The van der Waals surface area contributed by atoms with Crippen molar-refractivity contribution < 1.29 is 23.2 Å². The molecule has 1 unspecified atom stereocenters. The number of para-hydroxylation sites is 1. The zero-order valence-electron chi connectivity index (χ0n) is 23.0. The van der Waals surface area contributed by atoms with Crippen molar-refractivity contribution in [2.24, 2.45) is 0 Å². The molecule has 0 spiro atoms. The number of sulfone groups is 1. The molecule has 1 atom stereocenters. The van der Waals surface area contributed by atoms with Gasteiger partial charge in [0.1, 0.15) is 12.4 Å². The lowest BCUT2D eigenvalue weighted by Gasteiger charge is -2.39. The molecule has 39 heavy (non-hydrogen) atoms. The largest absolute Gasteiger partial charge is 0.489 e. The summed E-state index contributed by atoms with van der Waals surface area (Å²) < 4.78 is 32.4. The summed E-state index contributed by atoms with van der Waals surface area (Å²) >= 11 is 0. The molecule has 1 aliphatic heterocycles. The second kappa shape index (κ2) is 11.9. The average molecular weight is 552 g/mol. The monoisotopic (exact) mass is 551 g/mol. The highest BCUT2D eigenvalue weighted by Gasteiger charge is 2.28. The number of hydrogen-bond donors (Lipinski definition) is 1. The van der Waals surface area contributed by atoms with E-state index in [0.717, 1.165) is 53.7 Å². The molecule has 1 aromatic heterocycles. The Kier molecular flexibility index (Phi) is 8.73. The molecular formula is C30H37N3O5S. The average Bonchev–Trinajstić information content (AvgIpc) is 2.90. The van der Waals surface area contributed by atoms with E-state index in [9.17, 15) is 18.4 Å². The number of hydrogen-bond acceptors (Lipinski definition) is 7. The van der Waals surface area contributed by atoms with Crippen LogP contribution in [-0.2, 0) is 21.2 Å². The molecule has 4 rings (SSSR count). The van der Waals surface area contributed by atoms with Gasteiger partial charge in [-0.15, -0.1) is 0 Å². The molecule has 0 radical (unpaired) electrons. The highest BCUT2D eigenvalue weighted by atomic mass is 32.2. The summed E-state index contributed by atoms with van der Waals surface area (Å²) in [6.07, 6.45) is 3.51. The number of piperidine rings is 1. The molecule has 1 aliphatic rings. The van der Waals surface area contributed by atoms with Crippen LogP contribution in [0, 0.1) is 6.92 Å². The minimum Gasteiger partial charge on any atom is -0.489 e. The van der Waals surface area contributed by atoms with Gasteiger partial charge in [-0.25, -0.2) is 13.5 Å². The van der Waals surface area contributed by atoms with E-state index in [1.54, 1.807) is 18.2 Å². The Morgan fingerprint density at radius 2 is 1.77 bits per heavy atom. The Balaban J connectivity index is 1.44. The fourth-order valence-corrected chi connectivity index (χ4v) is 6.36. The number of amides is 1. The Hall–Kier alpha value is -3.27. The maximum Gasteiger partial charge on any atom is 0.233 e. The Morgan fingerprint density at radius 1 is 1.10 bits per heavy atom. The molecule has 1 saturated heterocycles. The molecule has 1 amide bonds. The summed E-state index contributed by atoms with van der Waals surface area (Å²) in [5, 5.41) is 11.6. The Morgan fingerprint density at radius 3 is 2.41 bits per heavy atom. The van der Waals surface area contributed by atoms with Gasteiger partial charge in [0.15, 0.2) is 9.84 Å². The van der Waals surface area contributed by atoms with Gasteiger partial charge < -0.3 is 4.74 Å². The van der Waals surface area contributed by atoms with E-state index in [2.05, 4.69) is 30.7 Å². The van der Waals surface area contributed by atoms with Crippen molar-refractivity contribution in [2.45, 2.75) is 63.6 Å². The van der Waals surface area contributed by atoms with Crippen LogP contribution in [0.25, 0.3) is 10.9 Å². The van der Waals surface area contributed by atoms with Crippen molar-refractivity contribution in [2.75, 3.05) is 18.8 Å². The number of aromatic nitrogens is 1. The van der Waals surface area contributed by atoms with Crippen LogP contribution in [0.3, 0.4) is 0 Å². The lowest BCUT2D eigenvalue weighted by molar-refractivity contribution is -0.154. The lowest BCUT2D eigenvalue weighted by Crippen LogP contribution is -2.45. The highest BCUT2D eigenvalue weighted by Crippen LogP contribution is 2.26. The van der Waals surface area contributed by atoms with Crippen LogP contribution in [0.15, 0.2) is 71.1 Å². The number of ether oxygens (including phenoxy) is 1. The normalized spacial score (nSPS) is 15.7. The minimum absolute atomic E-state index is 0.0565. The molecule has 1 N–H and O–H groups in total. The van der Waals surface area contributed by atoms with Crippen LogP contribution < -0.4 is 4.74 Å². The number of benzene rings is 2. The molecule has 0 bridgehead atoms. The Labute approximate surface area is 230 Å². The minimum atomic E-state index is -3.80. The van der Waals surface area contributed by atoms with Crippen LogP contribution >= 0.6 is 0 Å². The van der Waals surface area contributed by atoms with Gasteiger partial charge in [-0.05, 0) is 76.9 Å². The van der Waals surface area contributed by atoms with E-state index in [4.69, 9.17) is 4.74 Å². The molecule has 0 saturated carbocycles. The number of fused-ring (bicyclic) bond motifs is 1. The fourth-order valence-electron chi connectivity index (χ4n) is 4.92. The van der Waals surface area contributed by atoms with Crippen molar-refractivity contribution in [3.63, 3.8) is 0 Å². The van der Waals surface area contributed by atoms with E-state index in [0.29, 0.717) is 17.4 Å². The van der Waals surface area contributed by atoms with Crippen LogP contribution in [0.4, 0.5) is 0 Å². The summed E-state index contributed by atoms with van der Waals surface area (Å²) in [7, 11) is -3.80. The fraction of sp³-hybridized carbons (Fsp3) is 0.400. The molecule has 208 valence electrons. The lowest BCUT2D eigenvalue weighted by atomic mass is 9.96. The molecule has 8 nitrogen and oxygen atoms in total.